The zero-order chi connectivity index (χ0) is 15.8. The summed E-state index contributed by atoms with van der Waals surface area (Å²) in [7, 11) is -1.91. The maximum absolute atomic E-state index is 12.4. The number of likely N-dealkylation sites (tertiary alicyclic amines) is 1. The molecular formula is C13H20N2O5S. The van der Waals surface area contributed by atoms with E-state index in [1.54, 1.807) is 0 Å². The monoisotopic (exact) mass is 316 g/mol. The van der Waals surface area contributed by atoms with Crippen molar-refractivity contribution in [2.24, 2.45) is 5.92 Å². The molecule has 0 spiro atoms. The van der Waals surface area contributed by atoms with Gasteiger partial charge in [0.1, 0.15) is 22.0 Å². The molecule has 0 amide bonds. The molecule has 1 saturated heterocycles. The Morgan fingerprint density at radius 3 is 2.62 bits per heavy atom. The van der Waals surface area contributed by atoms with E-state index in [1.807, 2.05) is 7.05 Å². The molecule has 0 radical (unpaired) electrons. The summed E-state index contributed by atoms with van der Waals surface area (Å²) in [4.78, 5) is 13.1. The van der Waals surface area contributed by atoms with Crippen molar-refractivity contribution in [2.75, 3.05) is 26.7 Å². The Kier molecular flexibility index (Phi) is 4.40. The summed E-state index contributed by atoms with van der Waals surface area (Å²) in [6.07, 6.45) is 0.925. The van der Waals surface area contributed by atoms with Crippen LogP contribution in [0.25, 0.3) is 0 Å². The van der Waals surface area contributed by atoms with Crippen LogP contribution in [-0.2, 0) is 10.0 Å². The average molecular weight is 316 g/mol. The molecule has 2 N–H and O–H groups in total. The Balaban J connectivity index is 2.22. The van der Waals surface area contributed by atoms with Crippen LogP contribution in [0.4, 0.5) is 0 Å². The minimum Gasteiger partial charge on any atom is -0.478 e. The number of hydrogen-bond donors (Lipinski definition) is 2. The van der Waals surface area contributed by atoms with Gasteiger partial charge in [-0.15, -0.1) is 0 Å². The molecular weight excluding hydrogens is 296 g/mol. The summed E-state index contributed by atoms with van der Waals surface area (Å²) in [6, 6.07) is 0. The quantitative estimate of drug-likeness (QED) is 0.834. The van der Waals surface area contributed by atoms with Crippen LogP contribution in [0.3, 0.4) is 0 Å². The number of nitrogens with zero attached hydrogens (tertiary/aromatic N) is 1. The van der Waals surface area contributed by atoms with Crippen LogP contribution in [0.1, 0.15) is 28.3 Å². The predicted octanol–water partition coefficient (Wildman–Crippen LogP) is 0.825. The van der Waals surface area contributed by atoms with Crippen molar-refractivity contribution in [3.05, 3.63) is 17.1 Å². The first-order chi connectivity index (χ1) is 9.72. The third kappa shape index (κ3) is 3.28. The zero-order valence-corrected chi connectivity index (χ0v) is 13.2. The van der Waals surface area contributed by atoms with Gasteiger partial charge in [-0.1, -0.05) is 0 Å². The number of carboxylic acids is 1. The molecule has 118 valence electrons. The Morgan fingerprint density at radius 2 is 2.10 bits per heavy atom. The van der Waals surface area contributed by atoms with Gasteiger partial charge in [0.2, 0.25) is 10.0 Å². The van der Waals surface area contributed by atoms with Crippen molar-refractivity contribution < 1.29 is 22.7 Å². The van der Waals surface area contributed by atoms with Crippen LogP contribution in [0.15, 0.2) is 9.31 Å². The Morgan fingerprint density at radius 1 is 1.43 bits per heavy atom. The first-order valence-electron chi connectivity index (χ1n) is 6.74. The van der Waals surface area contributed by atoms with E-state index in [0.717, 1.165) is 19.5 Å². The van der Waals surface area contributed by atoms with Crippen molar-refractivity contribution in [1.29, 1.82) is 0 Å². The number of carbonyl (C=O) groups is 1. The molecule has 0 bridgehead atoms. The number of nitrogens with one attached hydrogen (secondary N) is 1. The van der Waals surface area contributed by atoms with Gasteiger partial charge in [0.25, 0.3) is 0 Å². The molecule has 0 aliphatic carbocycles. The first kappa shape index (κ1) is 16.0. The van der Waals surface area contributed by atoms with Gasteiger partial charge in [-0.25, -0.2) is 17.9 Å². The molecule has 2 rings (SSSR count). The highest BCUT2D eigenvalue weighted by atomic mass is 32.2. The summed E-state index contributed by atoms with van der Waals surface area (Å²) in [5, 5.41) is 9.18. The van der Waals surface area contributed by atoms with Crippen LogP contribution < -0.4 is 4.72 Å². The van der Waals surface area contributed by atoms with E-state index in [1.165, 1.54) is 13.8 Å². The molecule has 1 atom stereocenters. The lowest BCUT2D eigenvalue weighted by Crippen LogP contribution is -2.31. The number of aromatic carboxylic acids is 1. The summed E-state index contributed by atoms with van der Waals surface area (Å²) in [6.45, 7) is 4.97. The largest absolute Gasteiger partial charge is 0.478 e. The molecule has 0 saturated carbocycles. The number of furan rings is 1. The number of rotatable bonds is 5. The topological polar surface area (TPSA) is 99.9 Å². The van der Waals surface area contributed by atoms with Crippen LogP contribution >= 0.6 is 0 Å². The fraction of sp³-hybridized carbons (Fsp3) is 0.615. The molecule has 7 nitrogen and oxygen atoms in total. The molecule has 1 aliphatic heterocycles. The molecule has 1 fully saturated rings. The summed E-state index contributed by atoms with van der Waals surface area (Å²) in [5.74, 6) is -0.862. The lowest BCUT2D eigenvalue weighted by atomic mass is 10.1. The maximum Gasteiger partial charge on any atom is 0.340 e. The predicted molar refractivity (Wildman–Crippen MR) is 75.9 cm³/mol. The second kappa shape index (κ2) is 5.78. The van der Waals surface area contributed by atoms with E-state index in [0.29, 0.717) is 6.54 Å². The molecule has 8 heteroatoms. The van der Waals surface area contributed by atoms with Crippen LogP contribution in [0.2, 0.25) is 0 Å². The molecule has 0 aromatic carbocycles. The van der Waals surface area contributed by atoms with E-state index in [-0.39, 0.29) is 27.9 Å². The Hall–Kier alpha value is -1.38. The minimum atomic E-state index is -3.89. The minimum absolute atomic E-state index is 0.0981. The fourth-order valence-electron chi connectivity index (χ4n) is 2.73. The van der Waals surface area contributed by atoms with Gasteiger partial charge in [-0.05, 0) is 39.8 Å². The van der Waals surface area contributed by atoms with Gasteiger partial charge >= 0.3 is 5.97 Å². The molecule has 1 aromatic rings. The Bertz CT molecular complexity index is 650. The average Bonchev–Trinajstić information content (AvgIpc) is 2.90. The maximum atomic E-state index is 12.4. The molecule has 1 aliphatic rings. The van der Waals surface area contributed by atoms with E-state index >= 15 is 0 Å². The van der Waals surface area contributed by atoms with E-state index < -0.39 is 16.0 Å². The highest BCUT2D eigenvalue weighted by Crippen LogP contribution is 2.26. The summed E-state index contributed by atoms with van der Waals surface area (Å²) < 4.78 is 32.4. The highest BCUT2D eigenvalue weighted by Gasteiger charge is 2.31. The molecule has 1 unspecified atom stereocenters. The van der Waals surface area contributed by atoms with Gasteiger partial charge in [0.15, 0.2) is 0 Å². The van der Waals surface area contributed by atoms with Crippen LogP contribution in [0.5, 0.6) is 0 Å². The molecule has 1 aromatic heterocycles. The lowest BCUT2D eigenvalue weighted by Gasteiger charge is -2.12. The van der Waals surface area contributed by atoms with Crippen molar-refractivity contribution in [3.8, 4) is 0 Å². The van der Waals surface area contributed by atoms with Gasteiger partial charge in [-0.3, -0.25) is 0 Å². The van der Waals surface area contributed by atoms with Gasteiger partial charge in [-0.2, -0.15) is 0 Å². The third-order valence-corrected chi connectivity index (χ3v) is 5.31. The van der Waals surface area contributed by atoms with Crippen molar-refractivity contribution in [2.45, 2.75) is 25.2 Å². The van der Waals surface area contributed by atoms with E-state index in [9.17, 15) is 18.3 Å². The lowest BCUT2D eigenvalue weighted by molar-refractivity contribution is 0.0691. The molecule has 21 heavy (non-hydrogen) atoms. The van der Waals surface area contributed by atoms with Gasteiger partial charge in [0.05, 0.1) is 0 Å². The van der Waals surface area contributed by atoms with E-state index in [4.69, 9.17) is 4.42 Å². The van der Waals surface area contributed by atoms with E-state index in [2.05, 4.69) is 9.62 Å². The zero-order valence-electron chi connectivity index (χ0n) is 12.3. The third-order valence-electron chi connectivity index (χ3n) is 3.74. The van der Waals surface area contributed by atoms with Crippen LogP contribution in [-0.4, -0.2) is 51.1 Å². The highest BCUT2D eigenvalue weighted by molar-refractivity contribution is 7.89. The number of hydrogen-bond acceptors (Lipinski definition) is 5. The fourth-order valence-corrected chi connectivity index (χ4v) is 4.25. The SMILES string of the molecule is Cc1oc(C)c(S(=O)(=O)NCC2CCN(C)C2)c1C(=O)O. The standard InChI is InChI=1S/C13H20N2O5S/c1-8-11(13(16)17)12(9(2)20-8)21(18,19)14-6-10-4-5-15(3)7-10/h10,14H,4-7H2,1-3H3,(H,16,17). The smallest absolute Gasteiger partial charge is 0.340 e. The number of sulfonamides is 1. The Labute approximate surface area is 124 Å². The van der Waals surface area contributed by atoms with Gasteiger partial charge in [0, 0.05) is 13.1 Å². The summed E-state index contributed by atoms with van der Waals surface area (Å²) >= 11 is 0. The van der Waals surface area contributed by atoms with Crippen molar-refractivity contribution >= 4 is 16.0 Å². The normalized spacial score (nSPS) is 20.0. The molecule has 2 heterocycles. The first-order valence-corrected chi connectivity index (χ1v) is 8.22. The second-order valence-electron chi connectivity index (χ2n) is 5.49. The van der Waals surface area contributed by atoms with Crippen molar-refractivity contribution in [1.82, 2.24) is 9.62 Å². The van der Waals surface area contributed by atoms with Gasteiger partial charge < -0.3 is 14.4 Å². The number of aryl methyl sites for hydroxylation is 2. The number of carboxylic acid groups (broad SMARTS) is 1. The van der Waals surface area contributed by atoms with Crippen LogP contribution in [0, 0.1) is 19.8 Å². The summed E-state index contributed by atoms with van der Waals surface area (Å²) in [5.41, 5.74) is -0.288. The van der Waals surface area contributed by atoms with Crippen molar-refractivity contribution in [3.63, 3.8) is 0 Å². The second-order valence-corrected chi connectivity index (χ2v) is 7.20.